The summed E-state index contributed by atoms with van der Waals surface area (Å²) in [7, 11) is -6.17. The molecule has 0 amide bonds. The maximum absolute atomic E-state index is 8.58. The topological polar surface area (TPSA) is 143 Å². The number of nitrogens with zero attached hydrogens (tertiary/aromatic N) is 6. The van der Waals surface area contributed by atoms with Crippen LogP contribution in [0.15, 0.2) is 96.0 Å². The fourth-order valence-corrected chi connectivity index (χ4v) is 6.12. The molecular formula is C24H27FeN6Sn3. The first kappa shape index (κ1) is 38.8. The van der Waals surface area contributed by atoms with Gasteiger partial charge in [0.2, 0.25) is 0 Å². The number of rotatable bonds is 9. The summed E-state index contributed by atoms with van der Waals surface area (Å²) in [5.74, 6) is 0. The van der Waals surface area contributed by atoms with Crippen LogP contribution in [0.3, 0.4) is 0 Å². The van der Waals surface area contributed by atoms with Crippen LogP contribution in [0.5, 0.6) is 0 Å². The van der Waals surface area contributed by atoms with Crippen LogP contribution in [-0.2, 0) is 10.7 Å². The van der Waals surface area contributed by atoms with E-state index in [0.29, 0.717) is 0 Å². The molecule has 34 heavy (non-hydrogen) atoms. The van der Waals surface area contributed by atoms with E-state index in [1.165, 1.54) is 0 Å². The number of nitriles is 6. The summed E-state index contributed by atoms with van der Waals surface area (Å²) in [5.41, 5.74) is 0. The molecule has 0 aliphatic rings. The molecule has 0 aliphatic heterocycles. The Kier molecular flexibility index (Phi) is 22.7. The van der Waals surface area contributed by atoms with Gasteiger partial charge < -0.3 is 0 Å². The molecule has 0 atom stereocenters. The van der Waals surface area contributed by atoms with Gasteiger partial charge in [-0.05, 0) is 0 Å². The minimum atomic E-state index is -6.17. The summed E-state index contributed by atoms with van der Waals surface area (Å²) in [6.07, 6.45) is 0. The average Bonchev–Trinajstić information content (AvgIpc) is 2.92. The Bertz CT molecular complexity index is 823. The zero-order valence-corrected chi connectivity index (χ0v) is 28.8. The first-order chi connectivity index (χ1) is 16.0. The molecular weight excluding hydrogens is 784 g/mol. The summed E-state index contributed by atoms with van der Waals surface area (Å²) in [4.78, 5) is 6.19. The molecule has 0 saturated heterocycles. The molecule has 6 nitrogen and oxygen atoms in total. The molecule has 0 aromatic heterocycles. The van der Waals surface area contributed by atoms with E-state index in [9.17, 15) is 0 Å². The van der Waals surface area contributed by atoms with Crippen molar-refractivity contribution in [3.8, 4) is 29.8 Å². The second-order valence-corrected chi connectivity index (χ2v) is 29.8. The number of hydrogen-bond donors (Lipinski definition) is 0. The van der Waals surface area contributed by atoms with Crippen LogP contribution in [0.2, 0.25) is 0 Å². The quantitative estimate of drug-likeness (QED) is 0.298. The predicted octanol–water partition coefficient (Wildman–Crippen LogP) is 5.07. The Hall–Kier alpha value is -2.48. The molecule has 173 valence electrons. The molecule has 0 bridgehead atoms. The van der Waals surface area contributed by atoms with E-state index in [4.69, 9.17) is 31.6 Å². The van der Waals surface area contributed by atoms with E-state index in [0.717, 1.165) is 29.8 Å². The molecule has 0 aromatic rings. The van der Waals surface area contributed by atoms with Crippen molar-refractivity contribution >= 4 is 59.3 Å². The third-order valence-electron chi connectivity index (χ3n) is 3.31. The van der Waals surface area contributed by atoms with Gasteiger partial charge in [0.15, 0.2) is 0 Å². The van der Waals surface area contributed by atoms with Gasteiger partial charge in [-0.25, -0.2) is 0 Å². The monoisotopic (exact) mass is 815 g/mol. The van der Waals surface area contributed by atoms with Crippen LogP contribution in [0.1, 0.15) is 0 Å². The van der Waals surface area contributed by atoms with Gasteiger partial charge in [-0.15, -0.1) is 0 Å². The minimum absolute atomic E-state index is 1.03. The number of hydrogen-bond acceptors (Lipinski definition) is 6. The first-order valence-corrected chi connectivity index (χ1v) is 26.8. The second kappa shape index (κ2) is 19.9. The summed E-state index contributed by atoms with van der Waals surface area (Å²) in [5, 5.41) is 51.5. The third kappa shape index (κ3) is 11.6. The van der Waals surface area contributed by atoms with Gasteiger partial charge >= 0.3 is 227 Å². The molecule has 0 spiro atoms. The van der Waals surface area contributed by atoms with E-state index in [-0.39, 0.29) is 0 Å². The Balaban J connectivity index is -0.000000186. The molecule has 0 N–H and O–H groups in total. The zero-order chi connectivity index (χ0) is 27.7. The van der Waals surface area contributed by atoms with Crippen LogP contribution in [-0.4, -0.2) is 59.3 Å². The molecule has 0 unspecified atom stereocenters. The SMILES string of the molecule is C=[CH][Sn+]([CH]=C)[CH]=C.C=[CH][Sn+]([CH]=C)[CH]=C.C=[CH][Sn+]([CH]=C)[CH]=C.N#[C][Fe-3]([C]#N)([C]#N)([C]#N)([C]#N)[C]#N. The summed E-state index contributed by atoms with van der Waals surface area (Å²) in [6.45, 7) is 32.8. The molecule has 0 heterocycles. The van der Waals surface area contributed by atoms with Gasteiger partial charge in [-0.2, -0.15) is 0 Å². The van der Waals surface area contributed by atoms with Gasteiger partial charge in [0.25, 0.3) is 0 Å². The van der Waals surface area contributed by atoms with E-state index in [1.54, 1.807) is 0 Å². The van der Waals surface area contributed by atoms with Crippen LogP contribution in [0.25, 0.3) is 0 Å². The van der Waals surface area contributed by atoms with Gasteiger partial charge in [0, 0.05) is 0 Å². The van der Waals surface area contributed by atoms with Crippen LogP contribution in [0.4, 0.5) is 0 Å². The second-order valence-electron chi connectivity index (χ2n) is 5.14. The van der Waals surface area contributed by atoms with Crippen molar-refractivity contribution in [1.29, 1.82) is 31.6 Å². The van der Waals surface area contributed by atoms with Crippen molar-refractivity contribution in [2.45, 2.75) is 0 Å². The molecule has 0 aromatic carbocycles. The van der Waals surface area contributed by atoms with Crippen LogP contribution >= 0.6 is 0 Å². The summed E-state index contributed by atoms with van der Waals surface area (Å²) in [6, 6.07) is 0. The Morgan fingerprint density at radius 1 is 0.353 bits per heavy atom. The van der Waals surface area contributed by atoms with Crippen LogP contribution in [0, 0.1) is 61.4 Å². The fourth-order valence-electron chi connectivity index (χ4n) is 1.02. The standard InChI is InChI=1S/9C2H3.6CN.Fe.3Sn/c15*1-2;;;;/h9*1H,2H2;;;;;;;;;;/q;;;;;;;;;;;;;;;-3;3*+1. The molecule has 0 radical (unpaired) electrons. The molecule has 0 rings (SSSR count). The average molecular weight is 811 g/mol. The summed E-state index contributed by atoms with van der Waals surface area (Å²) < 4.78 is 17.9. The predicted molar refractivity (Wildman–Crippen MR) is 143 cm³/mol. The van der Waals surface area contributed by atoms with Crippen LogP contribution < -0.4 is 0 Å². The zero-order valence-electron chi connectivity index (χ0n) is 19.1. The van der Waals surface area contributed by atoms with Crippen molar-refractivity contribution in [2.24, 2.45) is 0 Å². The van der Waals surface area contributed by atoms with E-state index >= 15 is 0 Å². The van der Waals surface area contributed by atoms with Gasteiger partial charge in [0.05, 0.1) is 0 Å². The molecule has 10 heteroatoms. The normalized spacial score (nSPS) is 9.35. The van der Waals surface area contributed by atoms with Crippen molar-refractivity contribution in [1.82, 2.24) is 0 Å². The van der Waals surface area contributed by atoms with Crippen molar-refractivity contribution in [3.05, 3.63) is 96.0 Å². The Labute approximate surface area is 224 Å². The van der Waals surface area contributed by atoms with Gasteiger partial charge in [-0.3, -0.25) is 0 Å². The van der Waals surface area contributed by atoms with Gasteiger partial charge in [-0.1, -0.05) is 0 Å². The van der Waals surface area contributed by atoms with E-state index < -0.39 is 70.0 Å². The van der Waals surface area contributed by atoms with E-state index in [2.05, 4.69) is 59.2 Å². The van der Waals surface area contributed by atoms with Gasteiger partial charge in [0.1, 0.15) is 0 Å². The summed E-state index contributed by atoms with van der Waals surface area (Å²) >= 11 is -4.08. The molecule has 0 aliphatic carbocycles. The third-order valence-corrected chi connectivity index (χ3v) is 19.1. The Morgan fingerprint density at radius 2 is 0.471 bits per heavy atom. The van der Waals surface area contributed by atoms with Crippen molar-refractivity contribution < 1.29 is 10.7 Å². The maximum atomic E-state index is 8.58. The first-order valence-electron chi connectivity index (χ1n) is 8.67. The van der Waals surface area contributed by atoms with Crippen molar-refractivity contribution in [3.63, 3.8) is 0 Å². The fraction of sp³-hybridized carbons (Fsp3) is 0. The molecule has 0 fully saturated rings. The Morgan fingerprint density at radius 3 is 0.471 bits per heavy atom. The molecule has 0 saturated carbocycles. The van der Waals surface area contributed by atoms with Crippen molar-refractivity contribution in [2.75, 3.05) is 0 Å². The van der Waals surface area contributed by atoms with E-state index in [1.807, 2.05) is 36.8 Å².